The molecule has 7 nitrogen and oxygen atoms in total. The maximum atomic E-state index is 13.1. The molecule has 31 heavy (non-hydrogen) atoms. The summed E-state index contributed by atoms with van der Waals surface area (Å²) in [5.74, 6) is -1.15. The van der Waals surface area contributed by atoms with Gasteiger partial charge in [-0.3, -0.25) is 14.5 Å². The lowest BCUT2D eigenvalue weighted by atomic mass is 10.1. The van der Waals surface area contributed by atoms with Crippen molar-refractivity contribution >= 4 is 33.2 Å². The molecule has 2 aromatic rings. The summed E-state index contributed by atoms with van der Waals surface area (Å²) >= 11 is 0. The summed E-state index contributed by atoms with van der Waals surface area (Å²) in [6, 6.07) is 9.20. The van der Waals surface area contributed by atoms with Crippen LogP contribution in [0.2, 0.25) is 0 Å². The van der Waals surface area contributed by atoms with Crippen molar-refractivity contribution in [1.29, 1.82) is 0 Å². The minimum atomic E-state index is -3.62. The van der Waals surface area contributed by atoms with E-state index in [0.29, 0.717) is 30.0 Å². The molecule has 2 heterocycles. The average molecular weight is 446 g/mol. The van der Waals surface area contributed by atoms with E-state index in [-0.39, 0.29) is 17.2 Å². The van der Waals surface area contributed by atoms with E-state index in [2.05, 4.69) is 5.32 Å². The molecular formula is C22H24FN3O4S. The first-order valence-corrected chi connectivity index (χ1v) is 11.7. The Morgan fingerprint density at radius 2 is 1.71 bits per heavy atom. The van der Waals surface area contributed by atoms with Crippen molar-refractivity contribution in [3.05, 3.63) is 53.8 Å². The minimum absolute atomic E-state index is 0.177. The van der Waals surface area contributed by atoms with Crippen LogP contribution in [-0.2, 0) is 26.0 Å². The number of nitrogens with one attached hydrogen (secondary N) is 1. The maximum Gasteiger partial charge on any atom is 0.247 e. The summed E-state index contributed by atoms with van der Waals surface area (Å²) in [4.78, 5) is 26.8. The zero-order chi connectivity index (χ0) is 22.2. The summed E-state index contributed by atoms with van der Waals surface area (Å²) in [6.07, 6.45) is 2.90. The molecule has 4 rings (SSSR count). The number of rotatable bonds is 4. The first-order valence-electron chi connectivity index (χ1n) is 10.3. The molecule has 1 fully saturated rings. The second kappa shape index (κ2) is 8.39. The Balaban J connectivity index is 1.60. The summed E-state index contributed by atoms with van der Waals surface area (Å²) in [5, 5.41) is 2.70. The smallest absolute Gasteiger partial charge is 0.247 e. The molecule has 1 atom stereocenters. The van der Waals surface area contributed by atoms with Crippen molar-refractivity contribution < 1.29 is 22.4 Å². The van der Waals surface area contributed by atoms with Gasteiger partial charge in [-0.1, -0.05) is 6.42 Å². The van der Waals surface area contributed by atoms with Crippen molar-refractivity contribution in [2.24, 2.45) is 0 Å². The van der Waals surface area contributed by atoms with E-state index < -0.39 is 27.8 Å². The van der Waals surface area contributed by atoms with Gasteiger partial charge in [0.2, 0.25) is 21.8 Å². The van der Waals surface area contributed by atoms with E-state index >= 15 is 0 Å². The Bertz CT molecular complexity index is 1110. The number of hydrogen-bond acceptors (Lipinski definition) is 4. The lowest BCUT2D eigenvalue weighted by molar-refractivity contribution is -0.122. The van der Waals surface area contributed by atoms with E-state index in [1.54, 1.807) is 12.1 Å². The topological polar surface area (TPSA) is 86.8 Å². The fraction of sp³-hybridized carbons (Fsp3) is 0.364. The minimum Gasteiger partial charge on any atom is -0.324 e. The third-order valence-corrected chi connectivity index (χ3v) is 7.64. The van der Waals surface area contributed by atoms with Crippen molar-refractivity contribution in [3.63, 3.8) is 0 Å². The monoisotopic (exact) mass is 445 g/mol. The normalized spacial score (nSPS) is 19.2. The number of carbonyl (C=O) groups excluding carboxylic acids is 2. The molecule has 0 spiro atoms. The van der Waals surface area contributed by atoms with Crippen LogP contribution in [0.15, 0.2) is 47.4 Å². The number of halogens is 1. The van der Waals surface area contributed by atoms with Crippen molar-refractivity contribution in [3.8, 4) is 0 Å². The number of amides is 2. The Morgan fingerprint density at radius 3 is 2.35 bits per heavy atom. The largest absolute Gasteiger partial charge is 0.324 e. The first kappa shape index (κ1) is 21.5. The predicted molar refractivity (Wildman–Crippen MR) is 115 cm³/mol. The SMILES string of the molecule is CC(=O)N1c2ccc(S(=O)(=O)N3CCCCC3)cc2CC1C(=O)Nc1ccc(F)cc1. The van der Waals surface area contributed by atoms with Gasteiger partial charge in [-0.25, -0.2) is 12.8 Å². The van der Waals surface area contributed by atoms with Crippen LogP contribution >= 0.6 is 0 Å². The molecule has 1 N–H and O–H groups in total. The van der Waals surface area contributed by atoms with Gasteiger partial charge in [-0.15, -0.1) is 0 Å². The van der Waals surface area contributed by atoms with Crippen molar-refractivity contribution in [2.75, 3.05) is 23.3 Å². The van der Waals surface area contributed by atoms with Gasteiger partial charge in [-0.05, 0) is 60.9 Å². The zero-order valence-corrected chi connectivity index (χ0v) is 18.0. The second-order valence-electron chi connectivity index (χ2n) is 7.86. The third kappa shape index (κ3) is 4.20. The molecule has 2 aliphatic rings. The Morgan fingerprint density at radius 1 is 1.03 bits per heavy atom. The van der Waals surface area contributed by atoms with Crippen LogP contribution in [0.3, 0.4) is 0 Å². The molecule has 1 saturated heterocycles. The summed E-state index contributed by atoms with van der Waals surface area (Å²) in [5.41, 5.74) is 1.58. The molecule has 2 aliphatic heterocycles. The van der Waals surface area contributed by atoms with E-state index in [4.69, 9.17) is 0 Å². The van der Waals surface area contributed by atoms with Gasteiger partial charge in [0.15, 0.2) is 0 Å². The molecule has 2 aromatic carbocycles. The van der Waals surface area contributed by atoms with Crippen LogP contribution in [0.1, 0.15) is 31.7 Å². The Hall–Kier alpha value is -2.78. The molecule has 9 heteroatoms. The number of fused-ring (bicyclic) bond motifs is 1. The Kier molecular flexibility index (Phi) is 5.81. The molecule has 1 unspecified atom stereocenters. The standard InChI is InChI=1S/C22H24FN3O4S/c1-15(27)26-20-10-9-19(31(29,30)25-11-3-2-4-12-25)13-16(20)14-21(26)22(28)24-18-7-5-17(23)6-8-18/h5-10,13,21H,2-4,11-12,14H2,1H3,(H,24,28). The Labute approximate surface area is 180 Å². The summed E-state index contributed by atoms with van der Waals surface area (Å²) < 4.78 is 40.7. The maximum absolute atomic E-state index is 13.1. The molecule has 2 amide bonds. The van der Waals surface area contributed by atoms with E-state index in [1.807, 2.05) is 0 Å². The summed E-state index contributed by atoms with van der Waals surface area (Å²) in [7, 11) is -3.62. The van der Waals surface area contributed by atoms with Gasteiger partial charge in [0.25, 0.3) is 0 Å². The van der Waals surface area contributed by atoms with Gasteiger partial charge < -0.3 is 5.32 Å². The average Bonchev–Trinajstić information content (AvgIpc) is 3.15. The third-order valence-electron chi connectivity index (χ3n) is 5.74. The van der Waals surface area contributed by atoms with Gasteiger partial charge in [0.05, 0.1) is 4.90 Å². The van der Waals surface area contributed by atoms with Gasteiger partial charge in [0, 0.05) is 37.8 Å². The number of nitrogens with zero attached hydrogens (tertiary/aromatic N) is 2. The highest BCUT2D eigenvalue weighted by Gasteiger charge is 2.38. The highest BCUT2D eigenvalue weighted by molar-refractivity contribution is 7.89. The van der Waals surface area contributed by atoms with Crippen molar-refractivity contribution in [1.82, 2.24) is 4.31 Å². The van der Waals surface area contributed by atoms with Crippen LogP contribution in [0.25, 0.3) is 0 Å². The van der Waals surface area contributed by atoms with Crippen LogP contribution in [-0.4, -0.2) is 43.7 Å². The van der Waals surface area contributed by atoms with Gasteiger partial charge >= 0.3 is 0 Å². The number of sulfonamides is 1. The lowest BCUT2D eigenvalue weighted by Crippen LogP contribution is -2.44. The molecule has 0 radical (unpaired) electrons. The summed E-state index contributed by atoms with van der Waals surface area (Å²) in [6.45, 7) is 2.37. The highest BCUT2D eigenvalue weighted by atomic mass is 32.2. The zero-order valence-electron chi connectivity index (χ0n) is 17.2. The number of hydrogen-bond donors (Lipinski definition) is 1. The van der Waals surface area contributed by atoms with E-state index in [1.165, 1.54) is 46.5 Å². The second-order valence-corrected chi connectivity index (χ2v) is 9.80. The van der Waals surface area contributed by atoms with Gasteiger partial charge in [0.1, 0.15) is 11.9 Å². The first-order chi connectivity index (χ1) is 14.8. The fourth-order valence-electron chi connectivity index (χ4n) is 4.20. The fourth-order valence-corrected chi connectivity index (χ4v) is 5.77. The molecule has 0 saturated carbocycles. The molecule has 0 aromatic heterocycles. The molecule has 164 valence electrons. The van der Waals surface area contributed by atoms with Crippen LogP contribution in [0.5, 0.6) is 0 Å². The van der Waals surface area contributed by atoms with Crippen LogP contribution < -0.4 is 10.2 Å². The molecule has 0 bridgehead atoms. The van der Waals surface area contributed by atoms with E-state index in [0.717, 1.165) is 19.3 Å². The number of anilines is 2. The quantitative estimate of drug-likeness (QED) is 0.784. The predicted octanol–water partition coefficient (Wildman–Crippen LogP) is 2.92. The number of piperidine rings is 1. The number of carbonyl (C=O) groups is 2. The van der Waals surface area contributed by atoms with Crippen LogP contribution in [0.4, 0.5) is 15.8 Å². The lowest BCUT2D eigenvalue weighted by Gasteiger charge is -2.26. The van der Waals surface area contributed by atoms with Gasteiger partial charge in [-0.2, -0.15) is 4.31 Å². The molecular weight excluding hydrogens is 421 g/mol. The van der Waals surface area contributed by atoms with Crippen LogP contribution in [0, 0.1) is 5.82 Å². The van der Waals surface area contributed by atoms with Crippen molar-refractivity contribution in [2.45, 2.75) is 43.5 Å². The molecule has 0 aliphatic carbocycles. The van der Waals surface area contributed by atoms with E-state index in [9.17, 15) is 22.4 Å². The number of benzene rings is 2. The highest BCUT2D eigenvalue weighted by Crippen LogP contribution is 2.35.